The minimum Gasteiger partial charge on any atom is -0.493 e. The van der Waals surface area contributed by atoms with Crippen molar-refractivity contribution in [2.75, 3.05) is 13.2 Å². The molecule has 6 nitrogen and oxygen atoms in total. The van der Waals surface area contributed by atoms with Gasteiger partial charge in [0.25, 0.3) is 5.69 Å². The second-order valence-corrected chi connectivity index (χ2v) is 3.65. The summed E-state index contributed by atoms with van der Waals surface area (Å²) < 4.78 is 10.1. The molecule has 1 rings (SSSR count). The van der Waals surface area contributed by atoms with Gasteiger partial charge in [-0.1, -0.05) is 11.8 Å². The van der Waals surface area contributed by atoms with Crippen molar-refractivity contribution in [2.45, 2.75) is 20.3 Å². The van der Waals surface area contributed by atoms with Gasteiger partial charge in [-0.25, -0.2) is 0 Å². The smallest absolute Gasteiger partial charge is 0.317 e. The Bertz CT molecular complexity index is 556. The summed E-state index contributed by atoms with van der Waals surface area (Å²) >= 11 is 0. The third-order valence-corrected chi connectivity index (χ3v) is 2.23. The zero-order chi connectivity index (χ0) is 15.0. The molecule has 0 aromatic heterocycles. The van der Waals surface area contributed by atoms with E-state index in [1.807, 2.05) is 0 Å². The molecule has 0 saturated carbocycles. The number of carbonyl (C=O) groups is 1. The van der Waals surface area contributed by atoms with Gasteiger partial charge < -0.3 is 9.47 Å². The fraction of sp³-hybridized carbons (Fsp3) is 0.357. The molecule has 6 heteroatoms. The van der Waals surface area contributed by atoms with Gasteiger partial charge in [0.15, 0.2) is 0 Å². The van der Waals surface area contributed by atoms with Crippen molar-refractivity contribution in [1.82, 2.24) is 0 Å². The van der Waals surface area contributed by atoms with Gasteiger partial charge in [0.1, 0.15) is 12.2 Å². The van der Waals surface area contributed by atoms with Gasteiger partial charge in [0.2, 0.25) is 0 Å². The normalized spacial score (nSPS) is 9.30. The monoisotopic (exact) mass is 277 g/mol. The lowest BCUT2D eigenvalue weighted by Gasteiger charge is -2.05. The lowest BCUT2D eigenvalue weighted by Crippen LogP contribution is -2.01. The number of nitrogens with zero attached hydrogens (tertiary/aromatic N) is 1. The maximum Gasteiger partial charge on any atom is 0.317 e. The van der Waals surface area contributed by atoms with Crippen molar-refractivity contribution < 1.29 is 19.2 Å². The molecule has 0 aliphatic rings. The summed E-state index contributed by atoms with van der Waals surface area (Å²) in [5.41, 5.74) is 0.305. The quantitative estimate of drug-likeness (QED) is 0.357. The first-order valence-electron chi connectivity index (χ1n) is 6.14. The van der Waals surface area contributed by atoms with Gasteiger partial charge in [-0.15, -0.1) is 0 Å². The van der Waals surface area contributed by atoms with Crippen LogP contribution in [0.25, 0.3) is 0 Å². The molecule has 0 spiro atoms. The van der Waals surface area contributed by atoms with Gasteiger partial charge in [-0.05, 0) is 19.9 Å². The molecule has 0 amide bonds. The Labute approximate surface area is 116 Å². The van der Waals surface area contributed by atoms with Gasteiger partial charge in [-0.3, -0.25) is 14.9 Å². The molecule has 0 unspecified atom stereocenters. The first-order valence-corrected chi connectivity index (χ1v) is 6.14. The predicted molar refractivity (Wildman–Crippen MR) is 72.4 cm³/mol. The highest BCUT2D eigenvalue weighted by Crippen LogP contribution is 2.23. The van der Waals surface area contributed by atoms with Crippen molar-refractivity contribution in [3.63, 3.8) is 0 Å². The van der Waals surface area contributed by atoms with Gasteiger partial charge in [0, 0.05) is 12.1 Å². The zero-order valence-corrected chi connectivity index (χ0v) is 11.3. The Hall–Kier alpha value is -2.55. The van der Waals surface area contributed by atoms with Crippen LogP contribution in [0, 0.1) is 22.0 Å². The van der Waals surface area contributed by atoms with Crippen LogP contribution < -0.4 is 4.74 Å². The molecular weight excluding hydrogens is 262 g/mol. The molecule has 0 fully saturated rings. The van der Waals surface area contributed by atoms with E-state index in [0.717, 1.165) is 0 Å². The van der Waals surface area contributed by atoms with Crippen molar-refractivity contribution in [3.05, 3.63) is 33.9 Å². The highest BCUT2D eigenvalue weighted by atomic mass is 16.6. The van der Waals surface area contributed by atoms with E-state index in [1.54, 1.807) is 13.8 Å². The molecular formula is C14H15NO5. The van der Waals surface area contributed by atoms with E-state index < -0.39 is 10.9 Å². The van der Waals surface area contributed by atoms with E-state index >= 15 is 0 Å². The molecule has 0 aliphatic heterocycles. The van der Waals surface area contributed by atoms with Crippen LogP contribution in [-0.2, 0) is 9.53 Å². The molecule has 106 valence electrons. The van der Waals surface area contributed by atoms with E-state index in [-0.39, 0.29) is 12.1 Å². The summed E-state index contributed by atoms with van der Waals surface area (Å²) in [4.78, 5) is 21.4. The second-order valence-electron chi connectivity index (χ2n) is 3.65. The Morgan fingerprint density at radius 2 is 2.10 bits per heavy atom. The van der Waals surface area contributed by atoms with Gasteiger partial charge in [-0.2, -0.15) is 0 Å². The van der Waals surface area contributed by atoms with Crippen LogP contribution in [0.5, 0.6) is 5.75 Å². The number of carbonyl (C=O) groups excluding carboxylic acids is 1. The molecule has 0 aliphatic carbocycles. The minimum atomic E-state index is -0.508. The lowest BCUT2D eigenvalue weighted by atomic mass is 10.1. The van der Waals surface area contributed by atoms with Crippen molar-refractivity contribution >= 4 is 11.7 Å². The van der Waals surface area contributed by atoms with E-state index in [4.69, 9.17) is 9.47 Å². The average molecular weight is 277 g/mol. The fourth-order valence-corrected chi connectivity index (χ4v) is 1.43. The first kappa shape index (κ1) is 15.5. The number of nitro groups is 1. The molecule has 0 bridgehead atoms. The third kappa shape index (κ3) is 4.61. The zero-order valence-electron chi connectivity index (χ0n) is 11.3. The van der Waals surface area contributed by atoms with Crippen molar-refractivity contribution in [2.24, 2.45) is 0 Å². The summed E-state index contributed by atoms with van der Waals surface area (Å²) in [5.74, 6) is 5.35. The van der Waals surface area contributed by atoms with Crippen LogP contribution in [0.3, 0.4) is 0 Å². The SMILES string of the molecule is CCOC(=O)CC#Cc1cc([N+](=O)[O-])ccc1OCC. The molecule has 0 atom stereocenters. The number of esters is 1. The first-order chi connectivity index (χ1) is 9.58. The number of hydrogen-bond acceptors (Lipinski definition) is 5. The van der Waals surface area contributed by atoms with E-state index in [0.29, 0.717) is 24.5 Å². The highest BCUT2D eigenvalue weighted by Gasteiger charge is 2.10. The van der Waals surface area contributed by atoms with Crippen LogP contribution in [0.15, 0.2) is 18.2 Å². The topological polar surface area (TPSA) is 78.7 Å². The lowest BCUT2D eigenvalue weighted by molar-refractivity contribution is -0.384. The summed E-state index contributed by atoms with van der Waals surface area (Å²) in [7, 11) is 0. The average Bonchev–Trinajstić information content (AvgIpc) is 2.40. The van der Waals surface area contributed by atoms with E-state index in [9.17, 15) is 14.9 Å². The minimum absolute atomic E-state index is 0.0674. The Morgan fingerprint density at radius 1 is 1.35 bits per heavy atom. The summed E-state index contributed by atoms with van der Waals surface area (Å²) in [6.45, 7) is 4.22. The second kappa shape index (κ2) is 7.79. The number of nitro benzene ring substituents is 1. The maximum absolute atomic E-state index is 11.2. The standard InChI is InChI=1S/C14H15NO5/c1-3-19-13-9-8-12(15(17)18)10-11(13)6-5-7-14(16)20-4-2/h8-10H,3-4,7H2,1-2H3. The van der Waals surface area contributed by atoms with Crippen molar-refractivity contribution in [3.8, 4) is 17.6 Å². The van der Waals surface area contributed by atoms with Crippen LogP contribution in [0.2, 0.25) is 0 Å². The van der Waals surface area contributed by atoms with Crippen LogP contribution in [0.1, 0.15) is 25.8 Å². The predicted octanol–water partition coefficient (Wildman–Crippen LogP) is 2.30. The van der Waals surface area contributed by atoms with Crippen molar-refractivity contribution in [1.29, 1.82) is 0 Å². The van der Waals surface area contributed by atoms with Crippen LogP contribution in [0.4, 0.5) is 5.69 Å². The number of benzene rings is 1. The molecule has 0 heterocycles. The van der Waals surface area contributed by atoms with Gasteiger partial charge in [0.05, 0.1) is 23.7 Å². The molecule has 1 aromatic rings. The third-order valence-electron chi connectivity index (χ3n) is 2.23. The summed E-state index contributed by atoms with van der Waals surface area (Å²) in [5, 5.41) is 10.7. The molecule has 1 aromatic carbocycles. The molecule has 20 heavy (non-hydrogen) atoms. The Kier molecular flexibility index (Phi) is 6.04. The number of non-ortho nitro benzene ring substituents is 1. The van der Waals surface area contributed by atoms with E-state index in [2.05, 4.69) is 11.8 Å². The molecule has 0 saturated heterocycles. The molecule has 0 N–H and O–H groups in total. The number of ether oxygens (including phenoxy) is 2. The number of hydrogen-bond donors (Lipinski definition) is 0. The van der Waals surface area contributed by atoms with E-state index in [1.165, 1.54) is 18.2 Å². The largest absolute Gasteiger partial charge is 0.493 e. The summed E-state index contributed by atoms with van der Waals surface area (Å²) in [6, 6.07) is 4.17. The van der Waals surface area contributed by atoms with Gasteiger partial charge >= 0.3 is 5.97 Å². The fourth-order valence-electron chi connectivity index (χ4n) is 1.43. The molecule has 0 radical (unpaired) electrons. The maximum atomic E-state index is 11.2. The van der Waals surface area contributed by atoms with Crippen LogP contribution >= 0.6 is 0 Å². The highest BCUT2D eigenvalue weighted by molar-refractivity contribution is 5.72. The Morgan fingerprint density at radius 3 is 2.70 bits per heavy atom. The number of rotatable bonds is 5. The van der Waals surface area contributed by atoms with Crippen LogP contribution in [-0.4, -0.2) is 24.1 Å². The Balaban J connectivity index is 2.95. The summed E-state index contributed by atoms with van der Waals surface area (Å²) in [6.07, 6.45) is -0.0674.